The first-order valence-corrected chi connectivity index (χ1v) is 9.19. The molecule has 0 aliphatic rings. The van der Waals surface area contributed by atoms with Gasteiger partial charge in [-0.05, 0) is 30.3 Å². The molecule has 0 spiro atoms. The molecule has 0 saturated carbocycles. The molecule has 8 heteroatoms. The van der Waals surface area contributed by atoms with E-state index in [0.717, 1.165) is 21.1 Å². The minimum Gasteiger partial charge on any atom is -0.477 e. The lowest BCUT2D eigenvalue weighted by molar-refractivity contribution is 0.0702. The molecular formula is C13H13NO4S3. The van der Waals surface area contributed by atoms with Crippen LogP contribution in [0.15, 0.2) is 50.4 Å². The van der Waals surface area contributed by atoms with Gasteiger partial charge >= 0.3 is 5.97 Å². The molecule has 0 atom stereocenters. The molecule has 2 aromatic rings. The van der Waals surface area contributed by atoms with Crippen molar-refractivity contribution in [3.63, 3.8) is 0 Å². The highest BCUT2D eigenvalue weighted by molar-refractivity contribution is 7.99. The zero-order valence-corrected chi connectivity index (χ0v) is 13.5. The number of hydrogen-bond donors (Lipinski definition) is 2. The summed E-state index contributed by atoms with van der Waals surface area (Å²) >= 11 is 2.56. The van der Waals surface area contributed by atoms with Gasteiger partial charge in [-0.1, -0.05) is 18.7 Å². The van der Waals surface area contributed by atoms with Crippen LogP contribution in [0.3, 0.4) is 0 Å². The SMILES string of the molecule is CCNS(=O)(=O)c1ccc(Sc2csc(C(=O)O)c2)cc1. The van der Waals surface area contributed by atoms with Crippen molar-refractivity contribution in [2.45, 2.75) is 21.6 Å². The van der Waals surface area contributed by atoms with E-state index in [0.29, 0.717) is 6.54 Å². The van der Waals surface area contributed by atoms with Crippen molar-refractivity contribution in [2.24, 2.45) is 0 Å². The fourth-order valence-corrected chi connectivity index (χ4v) is 4.36. The van der Waals surface area contributed by atoms with Gasteiger partial charge in [0.1, 0.15) is 4.88 Å². The minimum atomic E-state index is -3.44. The van der Waals surface area contributed by atoms with E-state index >= 15 is 0 Å². The number of sulfonamides is 1. The van der Waals surface area contributed by atoms with Crippen LogP contribution in [0, 0.1) is 0 Å². The molecule has 0 unspecified atom stereocenters. The molecule has 2 rings (SSSR count). The van der Waals surface area contributed by atoms with E-state index in [2.05, 4.69) is 4.72 Å². The molecule has 0 fully saturated rings. The van der Waals surface area contributed by atoms with Gasteiger partial charge in [0.2, 0.25) is 10.0 Å². The monoisotopic (exact) mass is 343 g/mol. The molecule has 1 aromatic heterocycles. The molecule has 0 aliphatic carbocycles. The lowest BCUT2D eigenvalue weighted by Crippen LogP contribution is -2.22. The third kappa shape index (κ3) is 4.07. The Balaban J connectivity index is 2.14. The van der Waals surface area contributed by atoms with Crippen LogP contribution >= 0.6 is 23.1 Å². The Morgan fingerprint density at radius 3 is 2.48 bits per heavy atom. The zero-order chi connectivity index (χ0) is 15.5. The smallest absolute Gasteiger partial charge is 0.345 e. The molecule has 0 amide bonds. The van der Waals surface area contributed by atoms with Crippen molar-refractivity contribution in [1.29, 1.82) is 0 Å². The molecule has 0 bridgehead atoms. The van der Waals surface area contributed by atoms with Crippen molar-refractivity contribution in [3.05, 3.63) is 40.6 Å². The highest BCUT2D eigenvalue weighted by atomic mass is 32.2. The fraction of sp³-hybridized carbons (Fsp3) is 0.154. The van der Waals surface area contributed by atoms with Gasteiger partial charge in [0.15, 0.2) is 0 Å². The van der Waals surface area contributed by atoms with E-state index in [1.807, 2.05) is 0 Å². The molecule has 21 heavy (non-hydrogen) atoms. The summed E-state index contributed by atoms with van der Waals surface area (Å²) in [4.78, 5) is 13.0. The molecule has 0 saturated heterocycles. The van der Waals surface area contributed by atoms with E-state index in [-0.39, 0.29) is 9.77 Å². The van der Waals surface area contributed by atoms with Gasteiger partial charge in [0.25, 0.3) is 0 Å². The first-order chi connectivity index (χ1) is 9.92. The predicted molar refractivity (Wildman–Crippen MR) is 82.7 cm³/mol. The Morgan fingerprint density at radius 2 is 1.95 bits per heavy atom. The lowest BCUT2D eigenvalue weighted by Gasteiger charge is -2.05. The summed E-state index contributed by atoms with van der Waals surface area (Å²) in [5.74, 6) is -0.945. The van der Waals surface area contributed by atoms with Crippen LogP contribution in [-0.2, 0) is 10.0 Å². The second-order valence-electron chi connectivity index (χ2n) is 4.03. The van der Waals surface area contributed by atoms with Crippen molar-refractivity contribution >= 4 is 39.1 Å². The molecular weight excluding hydrogens is 330 g/mol. The van der Waals surface area contributed by atoms with E-state index in [9.17, 15) is 13.2 Å². The molecule has 112 valence electrons. The number of carboxylic acids is 1. The van der Waals surface area contributed by atoms with Crippen LogP contribution in [0.1, 0.15) is 16.6 Å². The van der Waals surface area contributed by atoms with Gasteiger partial charge in [-0.3, -0.25) is 0 Å². The summed E-state index contributed by atoms with van der Waals surface area (Å²) in [5, 5.41) is 10.6. The quantitative estimate of drug-likeness (QED) is 0.842. The van der Waals surface area contributed by atoms with Gasteiger partial charge in [-0.2, -0.15) is 0 Å². The topological polar surface area (TPSA) is 83.5 Å². The van der Waals surface area contributed by atoms with E-state index < -0.39 is 16.0 Å². The maximum atomic E-state index is 11.8. The Labute approximate surface area is 131 Å². The lowest BCUT2D eigenvalue weighted by atomic mass is 10.4. The Bertz CT molecular complexity index is 735. The van der Waals surface area contributed by atoms with Crippen LogP contribution in [0.4, 0.5) is 0 Å². The van der Waals surface area contributed by atoms with Gasteiger partial charge in [-0.25, -0.2) is 17.9 Å². The minimum absolute atomic E-state index is 0.213. The highest BCUT2D eigenvalue weighted by Crippen LogP contribution is 2.31. The van der Waals surface area contributed by atoms with Crippen molar-refractivity contribution in [2.75, 3.05) is 6.54 Å². The van der Waals surface area contributed by atoms with Crippen LogP contribution in [0.2, 0.25) is 0 Å². The number of thiophene rings is 1. The molecule has 1 heterocycles. The zero-order valence-electron chi connectivity index (χ0n) is 11.1. The number of rotatable bonds is 6. The van der Waals surface area contributed by atoms with Gasteiger partial charge in [0.05, 0.1) is 4.90 Å². The molecule has 5 nitrogen and oxygen atoms in total. The summed E-state index contributed by atoms with van der Waals surface area (Å²) in [6, 6.07) is 8.07. The van der Waals surface area contributed by atoms with Crippen LogP contribution < -0.4 is 4.72 Å². The number of nitrogens with one attached hydrogen (secondary N) is 1. The number of carbonyl (C=O) groups is 1. The molecule has 2 N–H and O–H groups in total. The van der Waals surface area contributed by atoms with Crippen molar-refractivity contribution < 1.29 is 18.3 Å². The Morgan fingerprint density at radius 1 is 1.29 bits per heavy atom. The normalized spacial score (nSPS) is 11.5. The number of hydrogen-bond acceptors (Lipinski definition) is 5. The number of carboxylic acid groups (broad SMARTS) is 1. The van der Waals surface area contributed by atoms with Gasteiger partial charge < -0.3 is 5.11 Å². The van der Waals surface area contributed by atoms with Gasteiger partial charge in [0, 0.05) is 21.7 Å². The number of benzene rings is 1. The van der Waals surface area contributed by atoms with E-state index in [1.54, 1.807) is 30.5 Å². The third-order valence-corrected chi connectivity index (χ3v) is 6.10. The maximum Gasteiger partial charge on any atom is 0.345 e. The summed E-state index contributed by atoms with van der Waals surface area (Å²) in [7, 11) is -3.44. The third-order valence-electron chi connectivity index (χ3n) is 2.49. The standard InChI is InChI=1S/C13H13NO4S3/c1-2-14-21(17,18)11-5-3-9(4-6-11)20-10-7-12(13(15)16)19-8-10/h3-8,14H,2H2,1H3,(H,15,16). The first kappa shape index (κ1) is 16.0. The van der Waals surface area contributed by atoms with Crippen LogP contribution in [0.25, 0.3) is 0 Å². The van der Waals surface area contributed by atoms with Crippen LogP contribution in [-0.4, -0.2) is 26.0 Å². The molecule has 0 aliphatic heterocycles. The van der Waals surface area contributed by atoms with E-state index in [1.165, 1.54) is 23.9 Å². The largest absolute Gasteiger partial charge is 0.477 e. The van der Waals surface area contributed by atoms with Crippen molar-refractivity contribution in [3.8, 4) is 0 Å². The summed E-state index contributed by atoms with van der Waals surface area (Å²) in [6.45, 7) is 2.06. The van der Waals surface area contributed by atoms with Gasteiger partial charge in [-0.15, -0.1) is 11.3 Å². The molecule has 0 radical (unpaired) electrons. The number of aromatic carboxylic acids is 1. The Kier molecular flexibility index (Phi) is 5.04. The second kappa shape index (κ2) is 6.61. The second-order valence-corrected chi connectivity index (χ2v) is 7.85. The maximum absolute atomic E-state index is 11.8. The predicted octanol–water partition coefficient (Wildman–Crippen LogP) is 2.90. The average Bonchev–Trinajstić information content (AvgIpc) is 2.88. The Hall–Kier alpha value is -1.35. The summed E-state index contributed by atoms with van der Waals surface area (Å²) < 4.78 is 26.0. The molecule has 1 aromatic carbocycles. The highest BCUT2D eigenvalue weighted by Gasteiger charge is 2.12. The summed E-state index contributed by atoms with van der Waals surface area (Å²) in [5.41, 5.74) is 0. The van der Waals surface area contributed by atoms with E-state index in [4.69, 9.17) is 5.11 Å². The first-order valence-electron chi connectivity index (χ1n) is 6.02. The fourth-order valence-electron chi connectivity index (χ4n) is 1.58. The van der Waals surface area contributed by atoms with Crippen molar-refractivity contribution in [1.82, 2.24) is 4.72 Å². The van der Waals surface area contributed by atoms with Crippen LogP contribution in [0.5, 0.6) is 0 Å². The average molecular weight is 343 g/mol. The summed E-state index contributed by atoms with van der Waals surface area (Å²) in [6.07, 6.45) is 0.